The van der Waals surface area contributed by atoms with E-state index in [9.17, 15) is 0 Å². The van der Waals surface area contributed by atoms with Gasteiger partial charge in [0.25, 0.3) is 0 Å². The smallest absolute Gasteiger partial charge is 0.0503 e. The van der Waals surface area contributed by atoms with Crippen LogP contribution in [0.3, 0.4) is 0 Å². The van der Waals surface area contributed by atoms with Crippen molar-refractivity contribution >= 4 is 17.1 Å². The van der Waals surface area contributed by atoms with E-state index in [1.807, 2.05) is 0 Å². The molecule has 1 atom stereocenters. The summed E-state index contributed by atoms with van der Waals surface area (Å²) in [6, 6.07) is 54.3. The highest BCUT2D eigenvalue weighted by Crippen LogP contribution is 2.53. The SMILES string of the molecule is CC1(C)c2cc(-c3ccc4c(c3)C(C)(C)c3ccccc3N4c3ccccc3)ccc2CCC(c2ccccc2)c2ccccc21. The first kappa shape index (κ1) is 28.6. The van der Waals surface area contributed by atoms with Gasteiger partial charge in [-0.1, -0.05) is 137 Å². The molecule has 1 heteroatoms. The van der Waals surface area contributed by atoms with Gasteiger partial charge in [0.15, 0.2) is 0 Å². The quantitative estimate of drug-likeness (QED) is 0.197. The highest BCUT2D eigenvalue weighted by atomic mass is 15.2. The van der Waals surface area contributed by atoms with Gasteiger partial charge in [-0.05, 0) is 99.3 Å². The van der Waals surface area contributed by atoms with Crippen LogP contribution in [0.15, 0.2) is 146 Å². The zero-order chi connectivity index (χ0) is 31.5. The summed E-state index contributed by atoms with van der Waals surface area (Å²) in [5.74, 6) is 0.391. The molecular weight excluding hydrogens is 555 g/mol. The van der Waals surface area contributed by atoms with E-state index < -0.39 is 0 Å². The Morgan fingerprint density at radius 2 is 1.07 bits per heavy atom. The van der Waals surface area contributed by atoms with Crippen molar-refractivity contribution in [2.45, 2.75) is 57.3 Å². The fraction of sp³-hybridized carbons (Fsp3) is 0.200. The van der Waals surface area contributed by atoms with Crippen LogP contribution in [0.25, 0.3) is 11.1 Å². The minimum atomic E-state index is -0.137. The van der Waals surface area contributed by atoms with Crippen molar-refractivity contribution in [1.29, 1.82) is 0 Å². The van der Waals surface area contributed by atoms with Gasteiger partial charge in [0, 0.05) is 22.4 Å². The molecule has 1 unspecified atom stereocenters. The number of hydrogen-bond acceptors (Lipinski definition) is 1. The van der Waals surface area contributed by atoms with Gasteiger partial charge in [0.05, 0.1) is 11.4 Å². The molecule has 2 aliphatic rings. The number of fused-ring (bicyclic) bond motifs is 4. The molecule has 0 bridgehead atoms. The fourth-order valence-corrected chi connectivity index (χ4v) is 8.30. The summed E-state index contributed by atoms with van der Waals surface area (Å²) in [6.45, 7) is 9.60. The Hall–Kier alpha value is -4.88. The van der Waals surface area contributed by atoms with Crippen molar-refractivity contribution in [2.24, 2.45) is 0 Å². The summed E-state index contributed by atoms with van der Waals surface area (Å²) in [7, 11) is 0. The van der Waals surface area contributed by atoms with Crippen LogP contribution in [-0.4, -0.2) is 0 Å². The third-order valence-electron chi connectivity index (χ3n) is 10.8. The average Bonchev–Trinajstić information content (AvgIpc) is 3.09. The van der Waals surface area contributed by atoms with E-state index in [0.29, 0.717) is 5.92 Å². The first-order chi connectivity index (χ1) is 22.3. The van der Waals surface area contributed by atoms with E-state index in [-0.39, 0.29) is 10.8 Å². The van der Waals surface area contributed by atoms with E-state index in [0.717, 1.165) is 12.8 Å². The Morgan fingerprint density at radius 1 is 0.500 bits per heavy atom. The molecule has 0 amide bonds. The van der Waals surface area contributed by atoms with Crippen LogP contribution in [0.1, 0.15) is 79.0 Å². The highest BCUT2D eigenvalue weighted by Gasteiger charge is 2.37. The topological polar surface area (TPSA) is 3.24 Å². The molecule has 0 fully saturated rings. The van der Waals surface area contributed by atoms with E-state index in [4.69, 9.17) is 0 Å². The number of nitrogens with zero attached hydrogens (tertiary/aromatic N) is 1. The Bertz CT molecular complexity index is 2050. The van der Waals surface area contributed by atoms with Gasteiger partial charge in [-0.15, -0.1) is 0 Å². The lowest BCUT2D eigenvalue weighted by Gasteiger charge is -2.42. The molecule has 226 valence electrons. The van der Waals surface area contributed by atoms with Gasteiger partial charge in [0.1, 0.15) is 0 Å². The molecule has 1 nitrogen and oxygen atoms in total. The van der Waals surface area contributed by atoms with Crippen LogP contribution in [-0.2, 0) is 17.3 Å². The highest BCUT2D eigenvalue weighted by molar-refractivity contribution is 5.87. The van der Waals surface area contributed by atoms with Crippen molar-refractivity contribution in [3.05, 3.63) is 185 Å². The van der Waals surface area contributed by atoms with Gasteiger partial charge < -0.3 is 4.90 Å². The predicted molar refractivity (Wildman–Crippen MR) is 194 cm³/mol. The maximum Gasteiger partial charge on any atom is 0.0503 e. The number of rotatable bonds is 3. The largest absolute Gasteiger partial charge is 0.310 e. The number of aryl methyl sites for hydroxylation is 1. The number of anilines is 3. The molecule has 46 heavy (non-hydrogen) atoms. The Labute approximate surface area is 274 Å². The van der Waals surface area contributed by atoms with Crippen molar-refractivity contribution in [3.63, 3.8) is 0 Å². The third-order valence-corrected chi connectivity index (χ3v) is 10.8. The van der Waals surface area contributed by atoms with Crippen LogP contribution < -0.4 is 4.90 Å². The van der Waals surface area contributed by atoms with Crippen LogP contribution in [0, 0.1) is 0 Å². The summed E-state index contributed by atoms with van der Waals surface area (Å²) in [5.41, 5.74) is 15.9. The normalized spacial score (nSPS) is 17.5. The Morgan fingerprint density at radius 3 is 1.83 bits per heavy atom. The average molecular weight is 596 g/mol. The van der Waals surface area contributed by atoms with Crippen LogP contribution in [0.4, 0.5) is 17.1 Å². The lowest BCUT2D eigenvalue weighted by Crippen LogP contribution is -2.30. The molecule has 8 rings (SSSR count). The summed E-state index contributed by atoms with van der Waals surface area (Å²) in [5, 5.41) is 0. The zero-order valence-electron chi connectivity index (χ0n) is 27.3. The minimum Gasteiger partial charge on any atom is -0.310 e. The van der Waals surface area contributed by atoms with Gasteiger partial charge in [0.2, 0.25) is 0 Å². The first-order valence-electron chi connectivity index (χ1n) is 16.7. The van der Waals surface area contributed by atoms with Crippen LogP contribution in [0.2, 0.25) is 0 Å². The molecular formula is C45H41N. The molecule has 1 aliphatic heterocycles. The van der Waals surface area contributed by atoms with Crippen molar-refractivity contribution in [1.82, 2.24) is 0 Å². The van der Waals surface area contributed by atoms with Crippen molar-refractivity contribution in [2.75, 3.05) is 4.90 Å². The number of benzene rings is 6. The number of para-hydroxylation sites is 2. The molecule has 6 aromatic rings. The molecule has 1 aliphatic carbocycles. The Balaban J connectivity index is 1.25. The molecule has 1 heterocycles. The third kappa shape index (κ3) is 4.52. The Kier molecular flexibility index (Phi) is 6.76. The molecule has 0 N–H and O–H groups in total. The van der Waals surface area contributed by atoms with E-state index in [2.05, 4.69) is 178 Å². The zero-order valence-corrected chi connectivity index (χ0v) is 27.3. The maximum atomic E-state index is 2.50. The summed E-state index contributed by atoms with van der Waals surface area (Å²) < 4.78 is 0. The second-order valence-electron chi connectivity index (χ2n) is 14.1. The van der Waals surface area contributed by atoms with Gasteiger partial charge in [-0.25, -0.2) is 0 Å². The molecule has 0 saturated carbocycles. The van der Waals surface area contributed by atoms with Crippen LogP contribution >= 0.6 is 0 Å². The minimum absolute atomic E-state index is 0.133. The predicted octanol–water partition coefficient (Wildman–Crippen LogP) is 11.9. The lowest BCUT2D eigenvalue weighted by molar-refractivity contribution is 0.583. The van der Waals surface area contributed by atoms with E-state index in [1.54, 1.807) is 0 Å². The van der Waals surface area contributed by atoms with Gasteiger partial charge >= 0.3 is 0 Å². The second-order valence-corrected chi connectivity index (χ2v) is 14.1. The molecule has 6 aromatic carbocycles. The molecule has 0 aromatic heterocycles. The first-order valence-corrected chi connectivity index (χ1v) is 16.7. The number of hydrogen-bond donors (Lipinski definition) is 0. The molecule has 0 spiro atoms. The fourth-order valence-electron chi connectivity index (χ4n) is 8.30. The van der Waals surface area contributed by atoms with Crippen molar-refractivity contribution in [3.8, 4) is 11.1 Å². The van der Waals surface area contributed by atoms with E-state index >= 15 is 0 Å². The van der Waals surface area contributed by atoms with Crippen molar-refractivity contribution < 1.29 is 0 Å². The van der Waals surface area contributed by atoms with Crippen LogP contribution in [0.5, 0.6) is 0 Å². The van der Waals surface area contributed by atoms with E-state index in [1.165, 1.54) is 67.1 Å². The standard InChI is InChI=1S/C45H41N/c1-44(2)38-20-12-11-19-37(38)36(31-15-7-5-8-16-31)27-25-32-23-24-33(29-40(32)44)34-26-28-43-41(30-34)45(3,4)39-21-13-14-22-42(39)46(43)35-17-9-6-10-18-35/h5-24,26,28-30,36H,25,27H2,1-4H3. The maximum absolute atomic E-state index is 2.50. The molecule has 0 radical (unpaired) electrons. The summed E-state index contributed by atoms with van der Waals surface area (Å²) in [6.07, 6.45) is 2.16. The monoisotopic (exact) mass is 595 g/mol. The second kappa shape index (κ2) is 10.9. The molecule has 0 saturated heterocycles. The summed E-state index contributed by atoms with van der Waals surface area (Å²) >= 11 is 0. The lowest BCUT2D eigenvalue weighted by atomic mass is 9.68. The summed E-state index contributed by atoms with van der Waals surface area (Å²) in [4.78, 5) is 2.43. The van der Waals surface area contributed by atoms with Gasteiger partial charge in [-0.3, -0.25) is 0 Å². The van der Waals surface area contributed by atoms with Gasteiger partial charge in [-0.2, -0.15) is 0 Å².